The van der Waals surface area contributed by atoms with E-state index in [0.717, 1.165) is 18.4 Å². The number of hydrogen-bond donors (Lipinski definition) is 3. The number of nitrogens with one attached hydrogen (secondary N) is 3. The predicted octanol–water partition coefficient (Wildman–Crippen LogP) is 2.47. The first-order chi connectivity index (χ1) is 10.5. The molecule has 0 aromatic heterocycles. The SMILES string of the molecule is Cc1cc(OCC(=O)NNC(=S)NC2CCCC2)ccc1Cl. The largest absolute Gasteiger partial charge is 0.484 e. The van der Waals surface area contributed by atoms with Crippen molar-refractivity contribution in [2.24, 2.45) is 0 Å². The van der Waals surface area contributed by atoms with Gasteiger partial charge in [0.1, 0.15) is 5.75 Å². The van der Waals surface area contributed by atoms with E-state index in [2.05, 4.69) is 16.2 Å². The monoisotopic (exact) mass is 341 g/mol. The summed E-state index contributed by atoms with van der Waals surface area (Å²) in [5.41, 5.74) is 6.10. The van der Waals surface area contributed by atoms with Crippen molar-refractivity contribution < 1.29 is 9.53 Å². The molecule has 0 bridgehead atoms. The van der Waals surface area contributed by atoms with Crippen molar-refractivity contribution in [1.29, 1.82) is 0 Å². The van der Waals surface area contributed by atoms with E-state index in [4.69, 9.17) is 28.6 Å². The highest BCUT2D eigenvalue weighted by Crippen LogP contribution is 2.20. The summed E-state index contributed by atoms with van der Waals surface area (Å²) < 4.78 is 5.39. The molecule has 2 rings (SSSR count). The van der Waals surface area contributed by atoms with Gasteiger partial charge in [-0.05, 0) is 55.7 Å². The van der Waals surface area contributed by atoms with Gasteiger partial charge < -0.3 is 10.1 Å². The van der Waals surface area contributed by atoms with Crippen molar-refractivity contribution in [3.8, 4) is 5.75 Å². The molecule has 0 spiro atoms. The molecule has 3 N–H and O–H groups in total. The van der Waals surface area contributed by atoms with Crippen LogP contribution in [0.5, 0.6) is 5.75 Å². The van der Waals surface area contributed by atoms with Crippen molar-refractivity contribution in [3.63, 3.8) is 0 Å². The summed E-state index contributed by atoms with van der Waals surface area (Å²) in [7, 11) is 0. The number of amides is 1. The Balaban J connectivity index is 1.66. The van der Waals surface area contributed by atoms with Crippen LogP contribution in [0.3, 0.4) is 0 Å². The van der Waals surface area contributed by atoms with Crippen LogP contribution in [0.25, 0.3) is 0 Å². The molecule has 0 atom stereocenters. The lowest BCUT2D eigenvalue weighted by molar-refractivity contribution is -0.123. The Morgan fingerprint density at radius 2 is 2.09 bits per heavy atom. The van der Waals surface area contributed by atoms with Gasteiger partial charge in [0.2, 0.25) is 0 Å². The van der Waals surface area contributed by atoms with Gasteiger partial charge in [0.05, 0.1) is 0 Å². The summed E-state index contributed by atoms with van der Waals surface area (Å²) in [6.45, 7) is 1.78. The molecule has 1 fully saturated rings. The first-order valence-corrected chi connectivity index (χ1v) is 8.07. The van der Waals surface area contributed by atoms with E-state index < -0.39 is 0 Å². The summed E-state index contributed by atoms with van der Waals surface area (Å²) in [4.78, 5) is 11.7. The zero-order valence-electron chi connectivity index (χ0n) is 12.4. The van der Waals surface area contributed by atoms with E-state index in [1.807, 2.05) is 6.92 Å². The summed E-state index contributed by atoms with van der Waals surface area (Å²) in [6.07, 6.45) is 4.69. The molecule has 1 aliphatic rings. The van der Waals surface area contributed by atoms with Crippen molar-refractivity contribution >= 4 is 34.8 Å². The number of ether oxygens (including phenoxy) is 1. The third kappa shape index (κ3) is 5.35. The Hall–Kier alpha value is -1.53. The Kier molecular flexibility index (Phi) is 6.27. The molecule has 1 aliphatic carbocycles. The number of hydrazine groups is 1. The first kappa shape index (κ1) is 16.8. The fraction of sp³-hybridized carbons (Fsp3) is 0.467. The Labute approximate surface area is 140 Å². The number of halogens is 1. The number of hydrogen-bond acceptors (Lipinski definition) is 3. The molecule has 120 valence electrons. The van der Waals surface area contributed by atoms with Crippen molar-refractivity contribution in [3.05, 3.63) is 28.8 Å². The summed E-state index contributed by atoms with van der Waals surface area (Å²) >= 11 is 11.1. The van der Waals surface area contributed by atoms with E-state index in [1.54, 1.807) is 18.2 Å². The first-order valence-electron chi connectivity index (χ1n) is 7.29. The third-order valence-electron chi connectivity index (χ3n) is 3.51. The maximum absolute atomic E-state index is 11.7. The molecule has 1 amide bonds. The number of rotatable bonds is 4. The van der Waals surface area contributed by atoms with Gasteiger partial charge in [-0.25, -0.2) is 0 Å². The fourth-order valence-corrected chi connectivity index (χ4v) is 2.65. The van der Waals surface area contributed by atoms with E-state index in [-0.39, 0.29) is 12.5 Å². The van der Waals surface area contributed by atoms with Gasteiger partial charge in [-0.1, -0.05) is 24.4 Å². The van der Waals surface area contributed by atoms with E-state index in [1.165, 1.54) is 12.8 Å². The lowest BCUT2D eigenvalue weighted by atomic mass is 10.2. The van der Waals surface area contributed by atoms with E-state index >= 15 is 0 Å². The molecule has 1 aromatic rings. The minimum absolute atomic E-state index is 0.0971. The van der Waals surface area contributed by atoms with Gasteiger partial charge in [0.25, 0.3) is 5.91 Å². The molecular weight excluding hydrogens is 322 g/mol. The lowest BCUT2D eigenvalue weighted by Crippen LogP contribution is -2.50. The highest BCUT2D eigenvalue weighted by molar-refractivity contribution is 7.80. The van der Waals surface area contributed by atoms with Crippen LogP contribution in [0.1, 0.15) is 31.2 Å². The second-order valence-electron chi connectivity index (χ2n) is 5.33. The molecule has 0 radical (unpaired) electrons. The zero-order valence-corrected chi connectivity index (χ0v) is 14.0. The molecular formula is C15H20ClN3O2S. The summed E-state index contributed by atoms with van der Waals surface area (Å²) in [6, 6.07) is 5.66. The topological polar surface area (TPSA) is 62.4 Å². The highest BCUT2D eigenvalue weighted by atomic mass is 35.5. The fourth-order valence-electron chi connectivity index (χ4n) is 2.31. The van der Waals surface area contributed by atoms with Crippen LogP contribution in [-0.2, 0) is 4.79 Å². The number of carbonyl (C=O) groups excluding carboxylic acids is 1. The molecule has 0 heterocycles. The van der Waals surface area contributed by atoms with Gasteiger partial charge in [-0.2, -0.15) is 0 Å². The minimum atomic E-state index is -0.303. The third-order valence-corrected chi connectivity index (χ3v) is 4.15. The Morgan fingerprint density at radius 3 is 2.77 bits per heavy atom. The maximum atomic E-state index is 11.7. The molecule has 1 saturated carbocycles. The number of thiocarbonyl (C=S) groups is 1. The highest BCUT2D eigenvalue weighted by Gasteiger charge is 2.15. The Morgan fingerprint density at radius 1 is 1.36 bits per heavy atom. The van der Waals surface area contributed by atoms with Crippen LogP contribution < -0.4 is 20.9 Å². The second-order valence-corrected chi connectivity index (χ2v) is 6.14. The molecule has 7 heteroatoms. The van der Waals surface area contributed by atoms with E-state index in [0.29, 0.717) is 21.9 Å². The van der Waals surface area contributed by atoms with Crippen LogP contribution in [0.15, 0.2) is 18.2 Å². The second kappa shape index (κ2) is 8.19. The zero-order chi connectivity index (χ0) is 15.9. The van der Waals surface area contributed by atoms with Crippen molar-refractivity contribution in [1.82, 2.24) is 16.2 Å². The van der Waals surface area contributed by atoms with Crippen molar-refractivity contribution in [2.45, 2.75) is 38.6 Å². The normalized spacial score (nSPS) is 14.5. The summed E-state index contributed by atoms with van der Waals surface area (Å²) in [5.74, 6) is 0.298. The average molecular weight is 342 g/mol. The molecule has 0 saturated heterocycles. The van der Waals surface area contributed by atoms with Crippen LogP contribution in [0, 0.1) is 6.92 Å². The standard InChI is InChI=1S/C15H20ClN3O2S/c1-10-8-12(6-7-13(10)16)21-9-14(20)18-19-15(22)17-11-4-2-3-5-11/h6-8,11H,2-5,9H2,1H3,(H,18,20)(H2,17,19,22). The quantitative estimate of drug-likeness (QED) is 0.580. The minimum Gasteiger partial charge on any atom is -0.484 e. The van der Waals surface area contributed by atoms with Crippen LogP contribution >= 0.6 is 23.8 Å². The number of aryl methyl sites for hydroxylation is 1. The smallest absolute Gasteiger partial charge is 0.276 e. The van der Waals surface area contributed by atoms with Crippen LogP contribution in [-0.4, -0.2) is 23.7 Å². The van der Waals surface area contributed by atoms with Gasteiger partial charge in [0.15, 0.2) is 11.7 Å². The van der Waals surface area contributed by atoms with Gasteiger partial charge in [-0.3, -0.25) is 15.6 Å². The van der Waals surface area contributed by atoms with Gasteiger partial charge >= 0.3 is 0 Å². The lowest BCUT2D eigenvalue weighted by Gasteiger charge is -2.16. The molecule has 5 nitrogen and oxygen atoms in total. The summed E-state index contributed by atoms with van der Waals surface area (Å²) in [5, 5.41) is 4.27. The number of benzene rings is 1. The maximum Gasteiger partial charge on any atom is 0.276 e. The Bertz CT molecular complexity index is 548. The molecule has 22 heavy (non-hydrogen) atoms. The van der Waals surface area contributed by atoms with Crippen molar-refractivity contribution in [2.75, 3.05) is 6.61 Å². The molecule has 0 unspecified atom stereocenters. The molecule has 1 aromatic carbocycles. The molecule has 0 aliphatic heterocycles. The van der Waals surface area contributed by atoms with Crippen LogP contribution in [0.2, 0.25) is 5.02 Å². The van der Waals surface area contributed by atoms with E-state index in [9.17, 15) is 4.79 Å². The van der Waals surface area contributed by atoms with Gasteiger partial charge in [0, 0.05) is 11.1 Å². The number of carbonyl (C=O) groups is 1. The van der Waals surface area contributed by atoms with Gasteiger partial charge in [-0.15, -0.1) is 0 Å². The average Bonchev–Trinajstić information content (AvgIpc) is 2.99. The van der Waals surface area contributed by atoms with Crippen LogP contribution in [0.4, 0.5) is 0 Å². The predicted molar refractivity (Wildman–Crippen MR) is 91.0 cm³/mol.